The van der Waals surface area contributed by atoms with E-state index >= 15 is 0 Å². The zero-order chi connectivity index (χ0) is 19.6. The van der Waals surface area contributed by atoms with Crippen LogP contribution in [0.3, 0.4) is 0 Å². The van der Waals surface area contributed by atoms with Gasteiger partial charge in [0.1, 0.15) is 6.04 Å². The molecule has 1 aromatic heterocycles. The van der Waals surface area contributed by atoms with Crippen LogP contribution in [0.4, 0.5) is 0 Å². The number of likely N-dealkylation sites (N-methyl/N-ethyl adjacent to an activating group) is 1. The number of hydrogen-bond acceptors (Lipinski definition) is 3. The monoisotopic (exact) mass is 385 g/mol. The lowest BCUT2D eigenvalue weighted by Gasteiger charge is -2.23. The van der Waals surface area contributed by atoms with Crippen molar-refractivity contribution in [3.8, 4) is 0 Å². The van der Waals surface area contributed by atoms with Crippen LogP contribution in [0.2, 0.25) is 5.02 Å². The standard InChI is InChI=1S/C20H21ClN4O2/c1-24(2)17(15-10-6-7-11-16(15)21)12-22-19(26)18-13-8-4-5-9-14(13)20(27)25(3)23-18/h4-11,17H,12H2,1-3H3,(H,22,26)/p+1/t17-/m1/s1. The molecule has 3 rings (SSSR count). The van der Waals surface area contributed by atoms with Gasteiger partial charge in [0.05, 0.1) is 26.0 Å². The van der Waals surface area contributed by atoms with Crippen LogP contribution in [0.25, 0.3) is 10.8 Å². The Hall–Kier alpha value is -2.70. The maximum absolute atomic E-state index is 12.8. The van der Waals surface area contributed by atoms with Crippen molar-refractivity contribution >= 4 is 28.3 Å². The number of halogens is 1. The zero-order valence-electron chi connectivity index (χ0n) is 15.5. The van der Waals surface area contributed by atoms with Crippen LogP contribution in [-0.4, -0.2) is 36.3 Å². The minimum atomic E-state index is -0.319. The van der Waals surface area contributed by atoms with Crippen LogP contribution >= 0.6 is 11.6 Å². The van der Waals surface area contributed by atoms with E-state index in [9.17, 15) is 9.59 Å². The fourth-order valence-corrected chi connectivity index (χ4v) is 3.40. The molecule has 0 aliphatic rings. The Morgan fingerprint density at radius 3 is 2.44 bits per heavy atom. The molecule has 2 N–H and O–H groups in total. The second-order valence-corrected chi connectivity index (χ2v) is 7.09. The predicted octanol–water partition coefficient (Wildman–Crippen LogP) is 1.20. The van der Waals surface area contributed by atoms with Gasteiger partial charge in [-0.05, 0) is 12.1 Å². The lowest BCUT2D eigenvalue weighted by Crippen LogP contribution is -3.07. The minimum absolute atomic E-state index is 0.0126. The van der Waals surface area contributed by atoms with E-state index in [0.717, 1.165) is 10.5 Å². The highest BCUT2D eigenvalue weighted by Crippen LogP contribution is 2.20. The molecular weight excluding hydrogens is 364 g/mol. The molecule has 6 nitrogen and oxygen atoms in total. The smallest absolute Gasteiger partial charge is 0.274 e. The number of nitrogens with zero attached hydrogens (tertiary/aromatic N) is 2. The molecule has 1 heterocycles. The van der Waals surface area contributed by atoms with Gasteiger partial charge >= 0.3 is 0 Å². The van der Waals surface area contributed by atoms with Crippen molar-refractivity contribution in [2.24, 2.45) is 7.05 Å². The molecule has 27 heavy (non-hydrogen) atoms. The van der Waals surface area contributed by atoms with Crippen molar-refractivity contribution < 1.29 is 9.69 Å². The number of quaternary nitrogens is 1. The van der Waals surface area contributed by atoms with Crippen molar-refractivity contribution in [3.63, 3.8) is 0 Å². The zero-order valence-corrected chi connectivity index (χ0v) is 16.2. The molecule has 7 heteroatoms. The highest BCUT2D eigenvalue weighted by Gasteiger charge is 2.23. The minimum Gasteiger partial charge on any atom is -0.344 e. The molecule has 140 valence electrons. The Bertz CT molecular complexity index is 1050. The number of rotatable bonds is 5. The van der Waals surface area contributed by atoms with Gasteiger partial charge in [0.15, 0.2) is 5.69 Å². The average Bonchev–Trinajstić information content (AvgIpc) is 2.65. The van der Waals surface area contributed by atoms with E-state index in [1.54, 1.807) is 31.3 Å². The SMILES string of the molecule is Cn1nc(C(=O)NC[C@H](c2ccccc2Cl)[NH+](C)C)c2ccccc2c1=O. The third-order valence-corrected chi connectivity index (χ3v) is 4.96. The summed E-state index contributed by atoms with van der Waals surface area (Å²) in [6.07, 6.45) is 0. The topological polar surface area (TPSA) is 68.4 Å². The highest BCUT2D eigenvalue weighted by molar-refractivity contribution is 6.31. The maximum Gasteiger partial charge on any atom is 0.274 e. The number of carbonyl (C=O) groups excluding carboxylic acids is 1. The van der Waals surface area contributed by atoms with E-state index in [-0.39, 0.29) is 23.2 Å². The lowest BCUT2D eigenvalue weighted by molar-refractivity contribution is -0.890. The molecule has 0 spiro atoms. The number of nitrogens with one attached hydrogen (secondary N) is 2. The Kier molecular flexibility index (Phi) is 5.58. The van der Waals surface area contributed by atoms with Gasteiger partial charge in [-0.2, -0.15) is 5.10 Å². The summed E-state index contributed by atoms with van der Waals surface area (Å²) in [5.41, 5.74) is 0.978. The van der Waals surface area contributed by atoms with Crippen molar-refractivity contribution in [2.45, 2.75) is 6.04 Å². The quantitative estimate of drug-likeness (QED) is 0.693. The number of carbonyl (C=O) groups is 1. The first-order valence-electron chi connectivity index (χ1n) is 8.69. The van der Waals surface area contributed by atoms with Crippen LogP contribution in [0.15, 0.2) is 53.3 Å². The van der Waals surface area contributed by atoms with Gasteiger partial charge in [-0.3, -0.25) is 9.59 Å². The number of aryl methyl sites for hydroxylation is 1. The van der Waals surface area contributed by atoms with E-state index < -0.39 is 0 Å². The molecule has 3 aromatic rings. The van der Waals surface area contributed by atoms with E-state index in [0.29, 0.717) is 22.3 Å². The normalized spacial score (nSPS) is 12.3. The van der Waals surface area contributed by atoms with Crippen LogP contribution < -0.4 is 15.8 Å². The maximum atomic E-state index is 12.8. The molecule has 0 unspecified atom stereocenters. The van der Waals surface area contributed by atoms with Crippen LogP contribution in [0.5, 0.6) is 0 Å². The molecule has 0 radical (unpaired) electrons. The Morgan fingerprint density at radius 1 is 1.15 bits per heavy atom. The summed E-state index contributed by atoms with van der Waals surface area (Å²) in [6, 6.07) is 14.6. The first-order valence-corrected chi connectivity index (χ1v) is 9.06. The molecule has 1 amide bonds. The first kappa shape index (κ1) is 19.1. The summed E-state index contributed by atoms with van der Waals surface area (Å²) in [6.45, 7) is 0.393. The van der Waals surface area contributed by atoms with Gasteiger partial charge in [0.25, 0.3) is 11.5 Å². The molecule has 2 aromatic carbocycles. The summed E-state index contributed by atoms with van der Waals surface area (Å²) < 4.78 is 1.19. The van der Waals surface area contributed by atoms with Crippen molar-refractivity contribution in [2.75, 3.05) is 20.6 Å². The highest BCUT2D eigenvalue weighted by atomic mass is 35.5. The van der Waals surface area contributed by atoms with Crippen molar-refractivity contribution in [1.29, 1.82) is 0 Å². The molecule has 0 saturated heterocycles. The van der Waals surface area contributed by atoms with Gasteiger partial charge in [-0.1, -0.05) is 48.0 Å². The van der Waals surface area contributed by atoms with Gasteiger partial charge in [-0.25, -0.2) is 4.68 Å². The van der Waals surface area contributed by atoms with E-state index in [1.165, 1.54) is 4.68 Å². The number of benzene rings is 2. The molecule has 0 aliphatic heterocycles. The van der Waals surface area contributed by atoms with Crippen LogP contribution in [0, 0.1) is 0 Å². The third kappa shape index (κ3) is 3.86. The largest absolute Gasteiger partial charge is 0.344 e. The summed E-state index contributed by atoms with van der Waals surface area (Å²) in [5.74, 6) is -0.319. The number of hydrogen-bond donors (Lipinski definition) is 2. The Morgan fingerprint density at radius 2 is 1.78 bits per heavy atom. The first-order chi connectivity index (χ1) is 12.9. The van der Waals surface area contributed by atoms with E-state index in [4.69, 9.17) is 11.6 Å². The van der Waals surface area contributed by atoms with Gasteiger partial charge in [0, 0.05) is 23.0 Å². The molecule has 0 aliphatic carbocycles. The molecule has 0 saturated carbocycles. The third-order valence-electron chi connectivity index (χ3n) is 4.62. The lowest BCUT2D eigenvalue weighted by atomic mass is 10.1. The second kappa shape index (κ2) is 7.90. The molecule has 1 atom stereocenters. The predicted molar refractivity (Wildman–Crippen MR) is 106 cm³/mol. The van der Waals surface area contributed by atoms with Crippen molar-refractivity contribution in [1.82, 2.24) is 15.1 Å². The van der Waals surface area contributed by atoms with E-state index in [1.807, 2.05) is 38.4 Å². The Balaban J connectivity index is 1.90. The van der Waals surface area contributed by atoms with Gasteiger partial charge in [0.2, 0.25) is 0 Å². The molecule has 0 fully saturated rings. The fraction of sp³-hybridized carbons (Fsp3) is 0.250. The number of fused-ring (bicyclic) bond motifs is 1. The number of amides is 1. The summed E-state index contributed by atoms with van der Waals surface area (Å²) >= 11 is 6.34. The second-order valence-electron chi connectivity index (χ2n) is 6.68. The number of aromatic nitrogens is 2. The van der Waals surface area contributed by atoms with Crippen LogP contribution in [0.1, 0.15) is 22.1 Å². The van der Waals surface area contributed by atoms with Gasteiger partial charge < -0.3 is 10.2 Å². The fourth-order valence-electron chi connectivity index (χ4n) is 3.13. The average molecular weight is 386 g/mol. The summed E-state index contributed by atoms with van der Waals surface area (Å²) in [5, 5.41) is 8.81. The molecular formula is C20H22ClN4O2+. The van der Waals surface area contributed by atoms with Crippen molar-refractivity contribution in [3.05, 3.63) is 75.2 Å². The van der Waals surface area contributed by atoms with Crippen LogP contribution in [-0.2, 0) is 7.05 Å². The van der Waals surface area contributed by atoms with E-state index in [2.05, 4.69) is 10.4 Å². The molecule has 0 bridgehead atoms. The summed E-state index contributed by atoms with van der Waals surface area (Å²) in [7, 11) is 5.57. The van der Waals surface area contributed by atoms with Gasteiger partial charge in [-0.15, -0.1) is 0 Å². The summed E-state index contributed by atoms with van der Waals surface area (Å²) in [4.78, 5) is 26.2. The Labute approximate surface area is 162 Å².